The van der Waals surface area contributed by atoms with Crippen molar-refractivity contribution in [3.63, 3.8) is 0 Å². The average Bonchev–Trinajstić information content (AvgIpc) is 2.70. The van der Waals surface area contributed by atoms with Crippen molar-refractivity contribution >= 4 is 11.3 Å². The summed E-state index contributed by atoms with van der Waals surface area (Å²) < 4.78 is 5.75. The topological polar surface area (TPSA) is 34.2 Å². The summed E-state index contributed by atoms with van der Waals surface area (Å²) in [6.45, 7) is 14.5. The molecule has 0 bridgehead atoms. The van der Waals surface area contributed by atoms with E-state index in [-0.39, 0.29) is 11.5 Å². The average molecular weight is 311 g/mol. The van der Waals surface area contributed by atoms with Gasteiger partial charge in [0.1, 0.15) is 11.1 Å². The number of aromatic nitrogens is 1. The van der Waals surface area contributed by atoms with Crippen LogP contribution < -0.4 is 5.32 Å². The maximum atomic E-state index is 5.75. The van der Waals surface area contributed by atoms with Crippen LogP contribution in [0.1, 0.15) is 75.7 Å². The molecule has 0 saturated carbocycles. The van der Waals surface area contributed by atoms with Crippen molar-refractivity contribution in [3.05, 3.63) is 15.6 Å². The van der Waals surface area contributed by atoms with Crippen LogP contribution in [0.2, 0.25) is 0 Å². The number of hydrogen-bond acceptors (Lipinski definition) is 4. The van der Waals surface area contributed by atoms with Crippen LogP contribution in [-0.2, 0) is 11.2 Å². The largest absolute Gasteiger partial charge is 0.374 e. The summed E-state index contributed by atoms with van der Waals surface area (Å²) >= 11 is 1.85. The van der Waals surface area contributed by atoms with Gasteiger partial charge in [0, 0.05) is 18.0 Å². The minimum Gasteiger partial charge on any atom is -0.374 e. The van der Waals surface area contributed by atoms with E-state index < -0.39 is 0 Å². The van der Waals surface area contributed by atoms with Gasteiger partial charge in [0.05, 0.1) is 5.69 Å². The number of nitrogens with zero attached hydrogens (tertiary/aromatic N) is 1. The third-order valence-electron chi connectivity index (χ3n) is 4.16. The fourth-order valence-corrected chi connectivity index (χ4v) is 4.78. The smallest absolute Gasteiger partial charge is 0.123 e. The molecule has 1 N–H and O–H groups in total. The molecule has 1 aliphatic carbocycles. The van der Waals surface area contributed by atoms with Crippen molar-refractivity contribution in [2.75, 3.05) is 13.7 Å². The Morgan fingerprint density at radius 1 is 1.43 bits per heavy atom. The van der Waals surface area contributed by atoms with Crippen LogP contribution >= 0.6 is 11.3 Å². The van der Waals surface area contributed by atoms with Gasteiger partial charge in [-0.05, 0) is 30.2 Å². The Morgan fingerprint density at radius 2 is 2.10 bits per heavy atom. The molecule has 3 nitrogen and oxygen atoms in total. The van der Waals surface area contributed by atoms with Gasteiger partial charge in [0.2, 0.25) is 0 Å². The quantitative estimate of drug-likeness (QED) is 0.889. The lowest BCUT2D eigenvalue weighted by Gasteiger charge is -2.34. The van der Waals surface area contributed by atoms with Crippen molar-refractivity contribution in [3.8, 4) is 0 Å². The van der Waals surface area contributed by atoms with E-state index in [1.807, 2.05) is 11.3 Å². The molecule has 0 amide bonds. The zero-order valence-corrected chi connectivity index (χ0v) is 15.4. The lowest BCUT2D eigenvalue weighted by atomic mass is 9.76. The van der Waals surface area contributed by atoms with Gasteiger partial charge in [0.15, 0.2) is 0 Å². The van der Waals surface area contributed by atoms with E-state index in [9.17, 15) is 0 Å². The van der Waals surface area contributed by atoms with Gasteiger partial charge in [-0.3, -0.25) is 0 Å². The van der Waals surface area contributed by atoms with E-state index in [0.29, 0.717) is 11.5 Å². The number of rotatable bonds is 4. The summed E-state index contributed by atoms with van der Waals surface area (Å²) in [5.41, 5.74) is 1.66. The van der Waals surface area contributed by atoms with Crippen molar-refractivity contribution < 1.29 is 4.74 Å². The number of ether oxygens (including phenoxy) is 1. The van der Waals surface area contributed by atoms with Crippen LogP contribution in [-0.4, -0.2) is 18.6 Å². The monoisotopic (exact) mass is 310 g/mol. The summed E-state index contributed by atoms with van der Waals surface area (Å²) in [5, 5.41) is 4.77. The SMILES string of the molecule is CCNC1CC(C)(C)Cc2nc(C(OC)C(C)(C)C)sc21. The number of thiazole rings is 1. The lowest BCUT2D eigenvalue weighted by Crippen LogP contribution is -2.32. The van der Waals surface area contributed by atoms with Gasteiger partial charge >= 0.3 is 0 Å². The maximum Gasteiger partial charge on any atom is 0.123 e. The number of hydrogen-bond donors (Lipinski definition) is 1. The third-order valence-corrected chi connectivity index (χ3v) is 5.41. The van der Waals surface area contributed by atoms with E-state index in [2.05, 4.69) is 46.9 Å². The third kappa shape index (κ3) is 3.66. The number of methoxy groups -OCH3 is 1. The summed E-state index contributed by atoms with van der Waals surface area (Å²) in [7, 11) is 1.79. The normalized spacial score (nSPS) is 22.9. The molecule has 4 heteroatoms. The Labute approximate surface area is 133 Å². The van der Waals surface area contributed by atoms with Crippen molar-refractivity contribution in [1.29, 1.82) is 0 Å². The van der Waals surface area contributed by atoms with Gasteiger partial charge in [-0.1, -0.05) is 41.5 Å². The predicted octanol–water partition coefficient (Wildman–Crippen LogP) is 4.50. The highest BCUT2D eigenvalue weighted by Crippen LogP contribution is 2.46. The molecule has 2 unspecified atom stereocenters. The minimum absolute atomic E-state index is 0.0679. The Hall–Kier alpha value is -0.450. The summed E-state index contributed by atoms with van der Waals surface area (Å²) in [6.07, 6.45) is 2.32. The zero-order valence-electron chi connectivity index (χ0n) is 14.5. The number of fused-ring (bicyclic) bond motifs is 1. The first-order valence-corrected chi connectivity index (χ1v) is 8.75. The molecule has 1 heterocycles. The second-order valence-electron chi connectivity index (χ2n) is 8.00. The van der Waals surface area contributed by atoms with E-state index in [1.165, 1.54) is 17.0 Å². The van der Waals surface area contributed by atoms with Crippen LogP contribution in [0, 0.1) is 10.8 Å². The van der Waals surface area contributed by atoms with Gasteiger partial charge in [-0.15, -0.1) is 11.3 Å². The highest BCUT2D eigenvalue weighted by molar-refractivity contribution is 7.12. The zero-order chi connectivity index (χ0) is 15.8. The molecule has 0 spiro atoms. The molecule has 0 aromatic carbocycles. The van der Waals surface area contributed by atoms with Crippen LogP contribution in [0.15, 0.2) is 0 Å². The Bertz CT molecular complexity index is 487. The summed E-state index contributed by atoms with van der Waals surface area (Å²) in [4.78, 5) is 6.40. The Balaban J connectivity index is 2.38. The lowest BCUT2D eigenvalue weighted by molar-refractivity contribution is 0.0149. The first-order chi connectivity index (χ1) is 9.68. The van der Waals surface area contributed by atoms with Gasteiger partial charge in [-0.25, -0.2) is 4.98 Å². The highest BCUT2D eigenvalue weighted by atomic mass is 32.1. The molecule has 1 aromatic rings. The van der Waals surface area contributed by atoms with E-state index in [4.69, 9.17) is 9.72 Å². The molecule has 0 aliphatic heterocycles. The van der Waals surface area contributed by atoms with E-state index >= 15 is 0 Å². The Kier molecular flexibility index (Phi) is 4.81. The van der Waals surface area contributed by atoms with E-state index in [1.54, 1.807) is 7.11 Å². The molecule has 2 rings (SSSR count). The first-order valence-electron chi connectivity index (χ1n) is 7.93. The van der Waals surface area contributed by atoms with Gasteiger partial charge in [0.25, 0.3) is 0 Å². The van der Waals surface area contributed by atoms with Crippen LogP contribution in [0.25, 0.3) is 0 Å². The summed E-state index contributed by atoms with van der Waals surface area (Å²) in [6, 6.07) is 0.442. The van der Waals surface area contributed by atoms with Crippen molar-refractivity contribution in [2.45, 2.75) is 66.5 Å². The molecular formula is C17H30N2OS. The number of nitrogens with one attached hydrogen (secondary N) is 1. The molecule has 2 atom stereocenters. The Morgan fingerprint density at radius 3 is 2.62 bits per heavy atom. The van der Waals surface area contributed by atoms with Crippen LogP contribution in [0.4, 0.5) is 0 Å². The molecule has 1 aromatic heterocycles. The molecular weight excluding hydrogens is 280 g/mol. The van der Waals surface area contributed by atoms with Crippen LogP contribution in [0.5, 0.6) is 0 Å². The summed E-state index contributed by atoms with van der Waals surface area (Å²) in [5.74, 6) is 0. The fourth-order valence-electron chi connectivity index (χ4n) is 3.30. The molecule has 0 saturated heterocycles. The van der Waals surface area contributed by atoms with Crippen molar-refractivity contribution in [1.82, 2.24) is 10.3 Å². The molecule has 1 aliphatic rings. The first kappa shape index (κ1) is 16.9. The van der Waals surface area contributed by atoms with E-state index in [0.717, 1.165) is 18.0 Å². The fraction of sp³-hybridized carbons (Fsp3) is 0.824. The molecule has 21 heavy (non-hydrogen) atoms. The second-order valence-corrected chi connectivity index (χ2v) is 9.06. The van der Waals surface area contributed by atoms with Gasteiger partial charge in [-0.2, -0.15) is 0 Å². The molecule has 0 fully saturated rings. The maximum absolute atomic E-state index is 5.75. The predicted molar refractivity (Wildman–Crippen MR) is 89.8 cm³/mol. The van der Waals surface area contributed by atoms with Gasteiger partial charge < -0.3 is 10.1 Å². The van der Waals surface area contributed by atoms with Crippen LogP contribution in [0.3, 0.4) is 0 Å². The molecule has 120 valence electrons. The molecule has 0 radical (unpaired) electrons. The standard InChI is InChI=1S/C17H30N2OS/c1-8-18-11-9-17(5,6)10-12-13(11)21-15(19-12)14(20-7)16(2,3)4/h11,14,18H,8-10H2,1-7H3. The minimum atomic E-state index is 0.0679. The second kappa shape index (κ2) is 5.98. The highest BCUT2D eigenvalue weighted by Gasteiger charge is 2.37. The van der Waals surface area contributed by atoms with Crippen molar-refractivity contribution in [2.24, 2.45) is 10.8 Å².